The second-order valence-corrected chi connectivity index (χ2v) is 6.13. The van der Waals surface area contributed by atoms with Gasteiger partial charge >= 0.3 is 0 Å². The molecule has 0 unspecified atom stereocenters. The third-order valence-corrected chi connectivity index (χ3v) is 4.54. The topological polar surface area (TPSA) is 60.8 Å². The van der Waals surface area contributed by atoms with Crippen molar-refractivity contribution in [2.75, 3.05) is 11.5 Å². The van der Waals surface area contributed by atoms with E-state index in [1.165, 1.54) is 0 Å². The minimum absolute atomic E-state index is 0.147. The Kier molecular flexibility index (Phi) is 4.20. The average Bonchev–Trinajstić information content (AvgIpc) is 2.55. The van der Waals surface area contributed by atoms with Crippen LogP contribution in [0.2, 0.25) is 0 Å². The van der Waals surface area contributed by atoms with Gasteiger partial charge in [-0.05, 0) is 31.0 Å². The molecule has 120 valence electrons. The molecular weight excluding hydrogens is 290 g/mol. The van der Waals surface area contributed by atoms with Crippen LogP contribution in [-0.4, -0.2) is 28.8 Å². The van der Waals surface area contributed by atoms with Gasteiger partial charge in [-0.1, -0.05) is 48.0 Å². The number of aliphatic hydroxyl groups excluding tert-OH is 2. The zero-order chi connectivity index (χ0) is 16.6. The lowest BCUT2D eigenvalue weighted by Crippen LogP contribution is -2.60. The van der Waals surface area contributed by atoms with Crippen molar-refractivity contribution in [3.63, 3.8) is 0 Å². The van der Waals surface area contributed by atoms with Gasteiger partial charge in [0, 0.05) is 5.69 Å². The third kappa shape index (κ3) is 2.64. The molecule has 0 aromatic heterocycles. The second kappa shape index (κ2) is 6.14. The van der Waals surface area contributed by atoms with E-state index in [0.717, 1.165) is 22.4 Å². The maximum Gasteiger partial charge on any atom is 0.235 e. The molecule has 3 rings (SSSR count). The third-order valence-electron chi connectivity index (χ3n) is 4.54. The number of carbonyl (C=O) groups is 1. The van der Waals surface area contributed by atoms with Gasteiger partial charge in [-0.2, -0.15) is 0 Å². The molecular formula is C19H21NO3. The van der Waals surface area contributed by atoms with E-state index in [1.54, 1.807) is 4.90 Å². The highest BCUT2D eigenvalue weighted by atomic mass is 16.3. The SMILES string of the molecule is Cc1ccc([C@@H]2[C@@H]([C@H](O)CO)C(=O)N2c2ccccc2C)cc1. The van der Waals surface area contributed by atoms with Crippen LogP contribution in [0.5, 0.6) is 0 Å². The Labute approximate surface area is 136 Å². The van der Waals surface area contributed by atoms with Crippen LogP contribution in [0.25, 0.3) is 0 Å². The summed E-state index contributed by atoms with van der Waals surface area (Å²) in [4.78, 5) is 14.3. The number of hydrogen-bond donors (Lipinski definition) is 2. The number of amides is 1. The lowest BCUT2D eigenvalue weighted by atomic mass is 9.78. The number of β-lactam (4-membered cyclic amide) rings is 1. The van der Waals surface area contributed by atoms with E-state index in [0.29, 0.717) is 0 Å². The summed E-state index contributed by atoms with van der Waals surface area (Å²) in [6.07, 6.45) is -1.05. The summed E-state index contributed by atoms with van der Waals surface area (Å²) in [6.45, 7) is 3.56. The Morgan fingerprint density at radius 2 is 1.74 bits per heavy atom. The van der Waals surface area contributed by atoms with E-state index in [4.69, 9.17) is 0 Å². The number of aryl methyl sites for hydroxylation is 2. The van der Waals surface area contributed by atoms with Crippen molar-refractivity contribution in [1.29, 1.82) is 0 Å². The summed E-state index contributed by atoms with van der Waals surface area (Å²) < 4.78 is 0. The Morgan fingerprint density at radius 3 is 2.35 bits per heavy atom. The van der Waals surface area contributed by atoms with Gasteiger partial charge in [0.2, 0.25) is 5.91 Å². The number of benzene rings is 2. The first-order valence-electron chi connectivity index (χ1n) is 7.78. The highest BCUT2D eigenvalue weighted by Gasteiger charge is 2.52. The highest BCUT2D eigenvalue weighted by Crippen LogP contribution is 2.45. The van der Waals surface area contributed by atoms with Crippen molar-refractivity contribution in [3.05, 3.63) is 65.2 Å². The minimum atomic E-state index is -1.05. The van der Waals surface area contributed by atoms with Crippen LogP contribution in [0, 0.1) is 19.8 Å². The first-order chi connectivity index (χ1) is 11.0. The maximum absolute atomic E-state index is 12.6. The van der Waals surface area contributed by atoms with Gasteiger partial charge in [-0.15, -0.1) is 0 Å². The molecule has 1 amide bonds. The monoisotopic (exact) mass is 311 g/mol. The Morgan fingerprint density at radius 1 is 1.09 bits per heavy atom. The standard InChI is InChI=1S/C19H21NO3/c1-12-7-9-14(10-8-12)18-17(16(22)11-21)19(23)20(18)15-6-4-3-5-13(15)2/h3-10,16-18,21-22H,11H2,1-2H3/t16-,17-,18-/m1/s1. The number of para-hydroxylation sites is 1. The highest BCUT2D eigenvalue weighted by molar-refractivity contribution is 6.04. The lowest BCUT2D eigenvalue weighted by Gasteiger charge is -2.49. The summed E-state index contributed by atoms with van der Waals surface area (Å²) in [7, 11) is 0. The predicted molar refractivity (Wildman–Crippen MR) is 89.2 cm³/mol. The molecule has 0 bridgehead atoms. The van der Waals surface area contributed by atoms with Crippen LogP contribution in [-0.2, 0) is 4.79 Å². The normalized spacial score (nSPS) is 21.9. The Balaban J connectivity index is 2.03. The molecule has 2 N–H and O–H groups in total. The number of anilines is 1. The van der Waals surface area contributed by atoms with Gasteiger partial charge in [-0.3, -0.25) is 4.79 Å². The molecule has 1 fully saturated rings. The van der Waals surface area contributed by atoms with Crippen LogP contribution < -0.4 is 4.90 Å². The number of carbonyl (C=O) groups excluding carboxylic acids is 1. The van der Waals surface area contributed by atoms with Gasteiger partial charge in [0.15, 0.2) is 0 Å². The van der Waals surface area contributed by atoms with E-state index in [-0.39, 0.29) is 11.9 Å². The molecule has 4 heteroatoms. The molecule has 23 heavy (non-hydrogen) atoms. The molecule has 1 aliphatic rings. The fraction of sp³-hybridized carbons (Fsp3) is 0.316. The molecule has 1 aliphatic heterocycles. The molecule has 0 aliphatic carbocycles. The van der Waals surface area contributed by atoms with Gasteiger partial charge in [0.05, 0.1) is 24.7 Å². The molecule has 0 saturated carbocycles. The zero-order valence-electron chi connectivity index (χ0n) is 13.3. The number of hydrogen-bond acceptors (Lipinski definition) is 3. The molecule has 4 nitrogen and oxygen atoms in total. The van der Waals surface area contributed by atoms with E-state index in [2.05, 4.69) is 0 Å². The van der Waals surface area contributed by atoms with Gasteiger partial charge in [0.1, 0.15) is 0 Å². The molecule has 0 spiro atoms. The lowest BCUT2D eigenvalue weighted by molar-refractivity contribution is -0.137. The second-order valence-electron chi connectivity index (χ2n) is 6.13. The summed E-state index contributed by atoms with van der Waals surface area (Å²) >= 11 is 0. The van der Waals surface area contributed by atoms with Crippen molar-refractivity contribution in [2.45, 2.75) is 26.0 Å². The van der Waals surface area contributed by atoms with Crippen LogP contribution >= 0.6 is 0 Å². The largest absolute Gasteiger partial charge is 0.394 e. The van der Waals surface area contributed by atoms with E-state index in [9.17, 15) is 15.0 Å². The number of rotatable bonds is 4. The first-order valence-corrected chi connectivity index (χ1v) is 7.78. The maximum atomic E-state index is 12.6. The fourth-order valence-electron chi connectivity index (χ4n) is 3.22. The Bertz CT molecular complexity index is 711. The van der Waals surface area contributed by atoms with E-state index < -0.39 is 18.6 Å². The summed E-state index contributed by atoms with van der Waals surface area (Å²) in [5.74, 6) is -0.756. The molecule has 2 aromatic rings. The number of nitrogens with zero attached hydrogens (tertiary/aromatic N) is 1. The Hall–Kier alpha value is -2.17. The summed E-state index contributed by atoms with van der Waals surface area (Å²) in [6, 6.07) is 15.4. The van der Waals surface area contributed by atoms with E-state index in [1.807, 2.05) is 62.4 Å². The van der Waals surface area contributed by atoms with Crippen LogP contribution in [0.4, 0.5) is 5.69 Å². The molecule has 2 aromatic carbocycles. The van der Waals surface area contributed by atoms with E-state index >= 15 is 0 Å². The molecule has 0 radical (unpaired) electrons. The van der Waals surface area contributed by atoms with Crippen LogP contribution in [0.3, 0.4) is 0 Å². The van der Waals surface area contributed by atoms with Crippen molar-refractivity contribution < 1.29 is 15.0 Å². The fourth-order valence-corrected chi connectivity index (χ4v) is 3.22. The van der Waals surface area contributed by atoms with Crippen molar-refractivity contribution in [2.24, 2.45) is 5.92 Å². The van der Waals surface area contributed by atoms with Crippen LogP contribution in [0.15, 0.2) is 48.5 Å². The summed E-state index contributed by atoms with van der Waals surface area (Å²) in [5.41, 5.74) is 3.97. The van der Waals surface area contributed by atoms with Crippen molar-refractivity contribution in [3.8, 4) is 0 Å². The van der Waals surface area contributed by atoms with Gasteiger partial charge in [-0.25, -0.2) is 0 Å². The van der Waals surface area contributed by atoms with Crippen LogP contribution in [0.1, 0.15) is 22.7 Å². The minimum Gasteiger partial charge on any atom is -0.394 e. The predicted octanol–water partition coefficient (Wildman–Crippen LogP) is 2.36. The average molecular weight is 311 g/mol. The van der Waals surface area contributed by atoms with Crippen molar-refractivity contribution >= 4 is 11.6 Å². The molecule has 1 heterocycles. The quantitative estimate of drug-likeness (QED) is 0.852. The molecule has 3 atom stereocenters. The van der Waals surface area contributed by atoms with Gasteiger partial charge < -0.3 is 15.1 Å². The zero-order valence-corrected chi connectivity index (χ0v) is 13.3. The van der Waals surface area contributed by atoms with Crippen molar-refractivity contribution in [1.82, 2.24) is 0 Å². The number of aliphatic hydroxyl groups is 2. The first kappa shape index (κ1) is 15.7. The molecule has 1 saturated heterocycles. The smallest absolute Gasteiger partial charge is 0.235 e. The van der Waals surface area contributed by atoms with Gasteiger partial charge in [0.25, 0.3) is 0 Å². The summed E-state index contributed by atoms with van der Waals surface area (Å²) in [5, 5.41) is 19.4.